The van der Waals surface area contributed by atoms with Crippen molar-refractivity contribution >= 4 is 22.5 Å². The Balaban J connectivity index is -0.000000367. The number of carbonyl (C=O) groups is 1. The molecule has 0 saturated carbocycles. The third kappa shape index (κ3) is 15.9. The van der Waals surface area contributed by atoms with Gasteiger partial charge in [-0.15, -0.1) is 0 Å². The molecule has 0 saturated heterocycles. The third-order valence-electron chi connectivity index (χ3n) is 2.39. The number of carbonyl (C=O) groups excluding carboxylic acids is 1. The Morgan fingerprint density at radius 2 is 1.42 bits per heavy atom. The Hall–Kier alpha value is -0.363. The van der Waals surface area contributed by atoms with Crippen LogP contribution in [0.1, 0.15) is 29.7 Å². The molecule has 1 unspecified atom stereocenters. The van der Waals surface area contributed by atoms with E-state index in [0.29, 0.717) is 0 Å². The minimum atomic E-state index is -4.54. The fourth-order valence-electron chi connectivity index (χ4n) is 1.14. The van der Waals surface area contributed by atoms with E-state index in [1.807, 2.05) is 0 Å². The van der Waals surface area contributed by atoms with Gasteiger partial charge in [-0.2, -0.15) is 0 Å². The molecular formula is C14H41N2O8PSi. The highest BCUT2D eigenvalue weighted by Gasteiger charge is 2.38. The van der Waals surface area contributed by atoms with Gasteiger partial charge in [-0.1, -0.05) is 29.7 Å². The molecule has 0 fully saturated rings. The standard InChI is InChI=1S/C10H25N2O8PSi.4CH4/c1-12(2,3)9-20-21(14,15)19-7-10(13)11-8-22(16-4,17-5)18-6;;;;/h7-9H2,1-6H3,(H-,11,13,14,15);4*1H4. The molecule has 1 N–H and O–H groups in total. The molecular weight excluding hydrogens is 383 g/mol. The number of phosphoric ester groups is 1. The fraction of sp³-hybridized carbons (Fsp3) is 0.929. The molecule has 0 aliphatic heterocycles. The van der Waals surface area contributed by atoms with Crippen LogP contribution < -0.4 is 10.2 Å². The topological polar surface area (TPSA) is 115 Å². The molecule has 10 nitrogen and oxygen atoms in total. The average molecular weight is 425 g/mol. The van der Waals surface area contributed by atoms with Crippen LogP contribution in [0.5, 0.6) is 0 Å². The van der Waals surface area contributed by atoms with Crippen LogP contribution in [0.25, 0.3) is 0 Å². The molecule has 0 heterocycles. The van der Waals surface area contributed by atoms with Crippen LogP contribution >= 0.6 is 7.82 Å². The Morgan fingerprint density at radius 1 is 1.00 bits per heavy atom. The highest BCUT2D eigenvalue weighted by molar-refractivity contribution is 7.45. The van der Waals surface area contributed by atoms with Crippen LogP contribution in [-0.4, -0.2) is 81.2 Å². The van der Waals surface area contributed by atoms with Gasteiger partial charge < -0.3 is 32.5 Å². The Bertz CT molecular complexity index is 395. The van der Waals surface area contributed by atoms with Crippen LogP contribution in [0, 0.1) is 0 Å². The van der Waals surface area contributed by atoms with Crippen LogP contribution in [0.2, 0.25) is 0 Å². The van der Waals surface area contributed by atoms with E-state index in [1.54, 1.807) is 21.1 Å². The summed E-state index contributed by atoms with van der Waals surface area (Å²) >= 11 is 0. The van der Waals surface area contributed by atoms with E-state index in [9.17, 15) is 14.3 Å². The monoisotopic (exact) mass is 424 g/mol. The highest BCUT2D eigenvalue weighted by atomic mass is 31.2. The first kappa shape index (κ1) is 36.5. The molecule has 0 spiro atoms. The lowest BCUT2D eigenvalue weighted by Gasteiger charge is -2.29. The summed E-state index contributed by atoms with van der Waals surface area (Å²) in [5.74, 6) is -0.659. The van der Waals surface area contributed by atoms with Gasteiger partial charge in [0.2, 0.25) is 5.91 Å². The molecule has 1 atom stereocenters. The van der Waals surface area contributed by atoms with E-state index in [-0.39, 0.29) is 47.1 Å². The van der Waals surface area contributed by atoms with E-state index in [2.05, 4.69) is 14.4 Å². The first-order valence-electron chi connectivity index (χ1n) is 6.32. The summed E-state index contributed by atoms with van der Waals surface area (Å²) in [6, 6.07) is 0. The number of nitrogens with one attached hydrogen (secondary N) is 1. The lowest BCUT2D eigenvalue weighted by molar-refractivity contribution is -0.887. The highest BCUT2D eigenvalue weighted by Crippen LogP contribution is 2.38. The SMILES string of the molecule is C.C.C.C.CO[Si](CNC(=O)COP(=O)([O-])OC[N+](C)(C)C)(OC)OC. The number of amides is 1. The average Bonchev–Trinajstić information content (AvgIpc) is 2.45. The zero-order valence-electron chi connectivity index (χ0n) is 13.8. The Morgan fingerprint density at radius 3 is 1.77 bits per heavy atom. The molecule has 0 aliphatic rings. The Kier molecular flexibility index (Phi) is 22.0. The molecule has 12 heteroatoms. The molecule has 0 aromatic rings. The maximum absolute atomic E-state index is 11.6. The molecule has 0 aromatic carbocycles. The van der Waals surface area contributed by atoms with Crippen molar-refractivity contribution in [3.05, 3.63) is 0 Å². The summed E-state index contributed by atoms with van der Waals surface area (Å²) < 4.78 is 36.2. The third-order valence-corrected chi connectivity index (χ3v) is 5.74. The van der Waals surface area contributed by atoms with Crippen molar-refractivity contribution in [2.45, 2.75) is 29.7 Å². The van der Waals surface area contributed by atoms with E-state index in [1.165, 1.54) is 21.3 Å². The molecule has 164 valence electrons. The van der Waals surface area contributed by atoms with Gasteiger partial charge in [0, 0.05) is 21.3 Å². The number of phosphoric acid groups is 1. The minimum absolute atomic E-state index is 0. The molecule has 0 aliphatic carbocycles. The van der Waals surface area contributed by atoms with Gasteiger partial charge in [-0.05, 0) is 0 Å². The van der Waals surface area contributed by atoms with E-state index in [0.717, 1.165) is 0 Å². The fourth-order valence-corrected chi connectivity index (χ4v) is 3.33. The first-order valence-corrected chi connectivity index (χ1v) is 9.71. The predicted molar refractivity (Wildman–Crippen MR) is 104 cm³/mol. The number of rotatable bonds is 11. The van der Waals surface area contributed by atoms with Crippen LogP contribution in [0.3, 0.4) is 0 Å². The smallest absolute Gasteiger partial charge is 0.520 e. The van der Waals surface area contributed by atoms with Gasteiger partial charge in [-0.3, -0.25) is 13.9 Å². The largest absolute Gasteiger partial charge is 0.756 e. The number of hydrogen-bond donors (Lipinski definition) is 1. The van der Waals surface area contributed by atoms with Crippen LogP contribution in [0.4, 0.5) is 0 Å². The van der Waals surface area contributed by atoms with Crippen molar-refractivity contribution < 1.29 is 41.1 Å². The molecule has 0 aromatic heterocycles. The minimum Gasteiger partial charge on any atom is -0.756 e. The van der Waals surface area contributed by atoms with Gasteiger partial charge in [0.25, 0.3) is 7.82 Å². The summed E-state index contributed by atoms with van der Waals surface area (Å²) in [7, 11) is 1.93. The molecule has 1 amide bonds. The molecule has 0 rings (SSSR count). The maximum Gasteiger partial charge on any atom is 0.520 e. The van der Waals surface area contributed by atoms with Gasteiger partial charge in [0.15, 0.2) is 6.73 Å². The number of nitrogens with zero attached hydrogens (tertiary/aromatic N) is 1. The number of hydrogen-bond acceptors (Lipinski definition) is 8. The second kappa shape index (κ2) is 15.7. The normalized spacial score (nSPS) is 13.0. The zero-order valence-corrected chi connectivity index (χ0v) is 15.7. The second-order valence-electron chi connectivity index (χ2n) is 5.34. The summed E-state index contributed by atoms with van der Waals surface area (Å²) in [5.41, 5.74) is 0. The van der Waals surface area contributed by atoms with Crippen LogP contribution in [-0.2, 0) is 31.7 Å². The van der Waals surface area contributed by atoms with Crippen molar-refractivity contribution in [2.24, 2.45) is 0 Å². The van der Waals surface area contributed by atoms with Crippen molar-refractivity contribution in [1.82, 2.24) is 5.32 Å². The lowest BCUT2D eigenvalue weighted by Crippen LogP contribution is -2.53. The van der Waals surface area contributed by atoms with Gasteiger partial charge in [-0.25, -0.2) is 0 Å². The second-order valence-corrected chi connectivity index (χ2v) is 9.70. The van der Waals surface area contributed by atoms with E-state index < -0.39 is 29.1 Å². The zero-order chi connectivity index (χ0) is 17.4. The van der Waals surface area contributed by atoms with E-state index in [4.69, 9.17) is 13.3 Å². The Labute approximate surface area is 161 Å². The molecule has 0 radical (unpaired) electrons. The maximum atomic E-state index is 11.6. The summed E-state index contributed by atoms with van der Waals surface area (Å²) in [6.45, 7) is -0.797. The summed E-state index contributed by atoms with van der Waals surface area (Å²) in [6.07, 6.45) is -0.0123. The summed E-state index contributed by atoms with van der Waals surface area (Å²) in [5, 5.41) is 2.42. The predicted octanol–water partition coefficient (Wildman–Crippen LogP) is 1.23. The summed E-state index contributed by atoms with van der Waals surface area (Å²) in [4.78, 5) is 23.1. The van der Waals surface area contributed by atoms with Gasteiger partial charge in [0.1, 0.15) is 6.61 Å². The first-order chi connectivity index (χ1) is 9.99. The van der Waals surface area contributed by atoms with Crippen molar-refractivity contribution in [3.63, 3.8) is 0 Å². The van der Waals surface area contributed by atoms with Gasteiger partial charge in [0.05, 0.1) is 27.3 Å². The van der Waals surface area contributed by atoms with Gasteiger partial charge >= 0.3 is 8.80 Å². The number of quaternary nitrogens is 1. The van der Waals surface area contributed by atoms with Crippen molar-refractivity contribution in [3.8, 4) is 0 Å². The quantitative estimate of drug-likeness (QED) is 0.228. The van der Waals surface area contributed by atoms with E-state index >= 15 is 0 Å². The van der Waals surface area contributed by atoms with Crippen molar-refractivity contribution in [2.75, 3.05) is 62.0 Å². The van der Waals surface area contributed by atoms with Crippen molar-refractivity contribution in [1.29, 1.82) is 0 Å². The van der Waals surface area contributed by atoms with Crippen LogP contribution in [0.15, 0.2) is 0 Å². The molecule has 26 heavy (non-hydrogen) atoms. The lowest BCUT2D eigenvalue weighted by atomic mass is 10.7. The molecule has 0 bridgehead atoms.